The summed E-state index contributed by atoms with van der Waals surface area (Å²) >= 11 is 0. The van der Waals surface area contributed by atoms with Gasteiger partial charge in [0.25, 0.3) is 0 Å². The maximum absolute atomic E-state index is 3.67. The first-order valence-corrected chi connectivity index (χ1v) is 6.17. The zero-order chi connectivity index (χ0) is 9.88. The molecule has 1 heteroatoms. The first kappa shape index (κ1) is 8.35. The van der Waals surface area contributed by atoms with E-state index in [1.54, 1.807) is 5.56 Å². The van der Waals surface area contributed by atoms with Crippen LogP contribution in [0.3, 0.4) is 0 Å². The molecule has 0 amide bonds. The van der Waals surface area contributed by atoms with E-state index in [2.05, 4.69) is 35.6 Å². The molecule has 0 spiro atoms. The highest BCUT2D eigenvalue weighted by Crippen LogP contribution is 2.62. The Morgan fingerprint density at radius 3 is 2.67 bits per heavy atom. The van der Waals surface area contributed by atoms with Crippen molar-refractivity contribution in [1.82, 2.24) is 5.32 Å². The van der Waals surface area contributed by atoms with Crippen molar-refractivity contribution in [2.75, 3.05) is 6.54 Å². The monoisotopic (exact) mass is 199 g/mol. The number of hydrogen-bond acceptors (Lipinski definition) is 1. The van der Waals surface area contributed by atoms with Gasteiger partial charge in [-0.3, -0.25) is 0 Å². The summed E-state index contributed by atoms with van der Waals surface area (Å²) in [5, 5.41) is 3.67. The molecule has 5 fully saturated rings. The Labute approximate surface area is 90.9 Å². The molecule has 4 unspecified atom stereocenters. The molecule has 1 nitrogen and oxygen atoms in total. The van der Waals surface area contributed by atoms with Crippen molar-refractivity contribution in [2.45, 2.75) is 30.7 Å². The van der Waals surface area contributed by atoms with Crippen LogP contribution < -0.4 is 5.32 Å². The van der Waals surface area contributed by atoms with Crippen LogP contribution in [0.1, 0.15) is 24.8 Å². The maximum atomic E-state index is 3.67. The summed E-state index contributed by atoms with van der Waals surface area (Å²) in [5.74, 6) is 1.97. The molecule has 4 atom stereocenters. The standard InChI is InChI=1S/C14H17N/c1-2-4-11(5-3-1)14-7-10-6-12(8-14)15-9-13(10)14/h1-5,10,12-13,15H,6-9H2. The topological polar surface area (TPSA) is 12.0 Å². The van der Waals surface area contributed by atoms with Gasteiger partial charge < -0.3 is 5.32 Å². The molecule has 3 aliphatic carbocycles. The van der Waals surface area contributed by atoms with Crippen LogP contribution in [-0.4, -0.2) is 12.6 Å². The van der Waals surface area contributed by atoms with E-state index in [-0.39, 0.29) is 0 Å². The lowest BCUT2D eigenvalue weighted by Crippen LogP contribution is -2.68. The van der Waals surface area contributed by atoms with Crippen molar-refractivity contribution >= 4 is 0 Å². The molecule has 0 aromatic heterocycles. The fraction of sp³-hybridized carbons (Fsp3) is 0.571. The second kappa shape index (κ2) is 2.65. The molecule has 1 N–H and O–H groups in total. The molecular formula is C14H17N. The fourth-order valence-corrected chi connectivity index (χ4v) is 4.45. The summed E-state index contributed by atoms with van der Waals surface area (Å²) in [5.41, 5.74) is 2.18. The summed E-state index contributed by atoms with van der Waals surface area (Å²) in [6, 6.07) is 12.0. The van der Waals surface area contributed by atoms with Gasteiger partial charge in [-0.15, -0.1) is 0 Å². The minimum absolute atomic E-state index is 0.570. The summed E-state index contributed by atoms with van der Waals surface area (Å²) < 4.78 is 0. The molecular weight excluding hydrogens is 182 g/mol. The minimum atomic E-state index is 0.570. The van der Waals surface area contributed by atoms with Crippen LogP contribution in [0, 0.1) is 11.8 Å². The van der Waals surface area contributed by atoms with Gasteiger partial charge in [-0.1, -0.05) is 30.3 Å². The molecule has 5 aliphatic rings. The molecule has 3 saturated carbocycles. The van der Waals surface area contributed by atoms with Crippen LogP contribution in [0.4, 0.5) is 0 Å². The third kappa shape index (κ3) is 0.926. The van der Waals surface area contributed by atoms with Crippen molar-refractivity contribution in [1.29, 1.82) is 0 Å². The number of nitrogens with one attached hydrogen (secondary N) is 1. The molecule has 1 aromatic carbocycles. The van der Waals surface area contributed by atoms with Crippen molar-refractivity contribution in [3.63, 3.8) is 0 Å². The van der Waals surface area contributed by atoms with Gasteiger partial charge >= 0.3 is 0 Å². The van der Waals surface area contributed by atoms with Gasteiger partial charge in [0.05, 0.1) is 0 Å². The van der Waals surface area contributed by atoms with Gasteiger partial charge in [-0.05, 0) is 43.2 Å². The van der Waals surface area contributed by atoms with Crippen molar-refractivity contribution in [3.05, 3.63) is 35.9 Å². The summed E-state index contributed by atoms with van der Waals surface area (Å²) in [7, 11) is 0. The Balaban J connectivity index is 1.78. The largest absolute Gasteiger partial charge is 0.314 e. The van der Waals surface area contributed by atoms with Crippen LogP contribution >= 0.6 is 0 Å². The van der Waals surface area contributed by atoms with Gasteiger partial charge in [0.15, 0.2) is 0 Å². The zero-order valence-corrected chi connectivity index (χ0v) is 8.95. The molecule has 6 rings (SSSR count). The molecule has 78 valence electrons. The highest BCUT2D eigenvalue weighted by atomic mass is 15.0. The van der Waals surface area contributed by atoms with Crippen LogP contribution in [-0.2, 0) is 5.41 Å². The predicted octanol–water partition coefficient (Wildman–Crippen LogP) is 2.33. The van der Waals surface area contributed by atoms with E-state index in [0.29, 0.717) is 5.41 Å². The third-order valence-electron chi connectivity index (χ3n) is 5.08. The Hall–Kier alpha value is -0.820. The zero-order valence-electron chi connectivity index (χ0n) is 8.95. The summed E-state index contributed by atoms with van der Waals surface area (Å²) in [6.07, 6.45) is 4.29. The Kier molecular flexibility index (Phi) is 1.47. The van der Waals surface area contributed by atoms with Crippen molar-refractivity contribution < 1.29 is 0 Å². The van der Waals surface area contributed by atoms with E-state index >= 15 is 0 Å². The quantitative estimate of drug-likeness (QED) is 0.732. The van der Waals surface area contributed by atoms with Crippen LogP contribution in [0.25, 0.3) is 0 Å². The smallest absolute Gasteiger partial charge is 0.00785 e. The average molecular weight is 199 g/mol. The molecule has 2 aliphatic heterocycles. The van der Waals surface area contributed by atoms with E-state index in [1.165, 1.54) is 25.8 Å². The molecule has 15 heavy (non-hydrogen) atoms. The number of hydrogen-bond donors (Lipinski definition) is 1. The molecule has 0 radical (unpaired) electrons. The third-order valence-corrected chi connectivity index (χ3v) is 5.08. The van der Waals surface area contributed by atoms with Gasteiger partial charge in [0.1, 0.15) is 0 Å². The van der Waals surface area contributed by atoms with Gasteiger partial charge in [0.2, 0.25) is 0 Å². The highest BCUT2D eigenvalue weighted by Gasteiger charge is 2.61. The molecule has 2 saturated heterocycles. The molecule has 1 aromatic rings. The number of benzene rings is 1. The van der Waals surface area contributed by atoms with Crippen LogP contribution in [0.15, 0.2) is 30.3 Å². The number of piperidine rings is 2. The Morgan fingerprint density at radius 1 is 1.13 bits per heavy atom. The Morgan fingerprint density at radius 2 is 2.00 bits per heavy atom. The fourth-order valence-electron chi connectivity index (χ4n) is 4.45. The van der Waals surface area contributed by atoms with E-state index in [0.717, 1.165) is 17.9 Å². The number of fused-ring (bicyclic) bond motifs is 1. The van der Waals surface area contributed by atoms with E-state index in [9.17, 15) is 0 Å². The summed E-state index contributed by atoms with van der Waals surface area (Å²) in [4.78, 5) is 0. The predicted molar refractivity (Wildman–Crippen MR) is 60.7 cm³/mol. The van der Waals surface area contributed by atoms with Crippen LogP contribution in [0.5, 0.6) is 0 Å². The lowest BCUT2D eigenvalue weighted by Gasteiger charge is -2.66. The molecule has 4 bridgehead atoms. The first-order chi connectivity index (χ1) is 7.38. The highest BCUT2D eigenvalue weighted by molar-refractivity contribution is 5.34. The molecule has 2 heterocycles. The second-order valence-electron chi connectivity index (χ2n) is 5.64. The van der Waals surface area contributed by atoms with Crippen molar-refractivity contribution in [2.24, 2.45) is 11.8 Å². The summed E-state index contributed by atoms with van der Waals surface area (Å²) in [6.45, 7) is 1.27. The number of rotatable bonds is 1. The van der Waals surface area contributed by atoms with Gasteiger partial charge in [0, 0.05) is 11.5 Å². The van der Waals surface area contributed by atoms with Gasteiger partial charge in [-0.25, -0.2) is 0 Å². The second-order valence-corrected chi connectivity index (χ2v) is 5.64. The first-order valence-electron chi connectivity index (χ1n) is 6.17. The van der Waals surface area contributed by atoms with Gasteiger partial charge in [-0.2, -0.15) is 0 Å². The van der Waals surface area contributed by atoms with E-state index < -0.39 is 0 Å². The minimum Gasteiger partial charge on any atom is -0.314 e. The van der Waals surface area contributed by atoms with E-state index in [1.807, 2.05) is 0 Å². The lowest BCUT2D eigenvalue weighted by atomic mass is 9.42. The van der Waals surface area contributed by atoms with Crippen LogP contribution in [0.2, 0.25) is 0 Å². The van der Waals surface area contributed by atoms with Crippen molar-refractivity contribution in [3.8, 4) is 0 Å². The maximum Gasteiger partial charge on any atom is 0.00785 e. The lowest BCUT2D eigenvalue weighted by molar-refractivity contribution is -0.0769. The average Bonchev–Trinajstić information content (AvgIpc) is 2.30. The van der Waals surface area contributed by atoms with E-state index in [4.69, 9.17) is 0 Å². The Bertz CT molecular complexity index is 386. The SMILES string of the molecule is c1ccc(C23CC4CC(C2)C3CN4)cc1. The normalized spacial score (nSPS) is 46.3.